The summed E-state index contributed by atoms with van der Waals surface area (Å²) in [6.45, 7) is 5.11. The fraction of sp³-hybridized carbons (Fsp3) is 0.467. The second-order valence-corrected chi connectivity index (χ2v) is 5.56. The molecule has 0 radical (unpaired) electrons. The summed E-state index contributed by atoms with van der Waals surface area (Å²) >= 11 is 0. The van der Waals surface area contributed by atoms with Gasteiger partial charge in [0.05, 0.1) is 5.41 Å². The fourth-order valence-electron chi connectivity index (χ4n) is 2.41. The van der Waals surface area contributed by atoms with Crippen LogP contribution in [0.2, 0.25) is 0 Å². The molecule has 0 aromatic heterocycles. The number of rotatable bonds is 3. The van der Waals surface area contributed by atoms with Crippen molar-refractivity contribution >= 4 is 35.6 Å². The highest BCUT2D eigenvalue weighted by molar-refractivity contribution is 5.96. The molecule has 2 amide bonds. The van der Waals surface area contributed by atoms with Gasteiger partial charge in [0.25, 0.3) is 0 Å². The zero-order valence-electron chi connectivity index (χ0n) is 12.4. The van der Waals surface area contributed by atoms with Crippen LogP contribution in [-0.2, 0) is 9.59 Å². The third-order valence-electron chi connectivity index (χ3n) is 3.59. The van der Waals surface area contributed by atoms with Crippen molar-refractivity contribution in [3.05, 3.63) is 24.3 Å². The monoisotopic (exact) mass is 311 g/mol. The van der Waals surface area contributed by atoms with Gasteiger partial charge in [-0.3, -0.25) is 9.59 Å². The summed E-state index contributed by atoms with van der Waals surface area (Å²) in [5, 5.41) is 8.90. The summed E-state index contributed by atoms with van der Waals surface area (Å²) < 4.78 is 0. The van der Waals surface area contributed by atoms with Crippen LogP contribution in [0.1, 0.15) is 26.7 Å². The molecule has 3 N–H and O–H groups in total. The van der Waals surface area contributed by atoms with E-state index in [1.165, 1.54) is 6.92 Å². The average Bonchev–Trinajstić information content (AvgIpc) is 2.39. The molecule has 1 unspecified atom stereocenters. The first-order valence-electron chi connectivity index (χ1n) is 6.89. The molecule has 1 aliphatic rings. The first-order chi connectivity index (χ1) is 9.49. The van der Waals surface area contributed by atoms with Crippen LogP contribution in [0.3, 0.4) is 0 Å². The zero-order valence-corrected chi connectivity index (χ0v) is 13.2. The predicted molar refractivity (Wildman–Crippen MR) is 86.8 cm³/mol. The van der Waals surface area contributed by atoms with Crippen molar-refractivity contribution < 1.29 is 9.59 Å². The van der Waals surface area contributed by atoms with Crippen LogP contribution < -0.4 is 16.0 Å². The highest BCUT2D eigenvalue weighted by atomic mass is 35.5. The molecule has 0 aliphatic carbocycles. The Bertz CT molecular complexity index is 513. The van der Waals surface area contributed by atoms with E-state index in [1.54, 1.807) is 12.1 Å². The number of hydrogen-bond donors (Lipinski definition) is 3. The van der Waals surface area contributed by atoms with E-state index in [4.69, 9.17) is 0 Å². The molecule has 0 spiro atoms. The van der Waals surface area contributed by atoms with Crippen LogP contribution in [0.15, 0.2) is 24.3 Å². The highest BCUT2D eigenvalue weighted by Crippen LogP contribution is 2.27. The van der Waals surface area contributed by atoms with Crippen LogP contribution in [0, 0.1) is 5.41 Å². The maximum Gasteiger partial charge on any atom is 0.231 e. The van der Waals surface area contributed by atoms with Crippen LogP contribution in [-0.4, -0.2) is 24.9 Å². The predicted octanol–water partition coefficient (Wildman–Crippen LogP) is 2.40. The first-order valence-corrected chi connectivity index (χ1v) is 6.89. The molecule has 2 rings (SSSR count). The number of piperidine rings is 1. The third-order valence-corrected chi connectivity index (χ3v) is 3.59. The van der Waals surface area contributed by atoms with Gasteiger partial charge in [0.2, 0.25) is 11.8 Å². The van der Waals surface area contributed by atoms with Crippen LogP contribution in [0.25, 0.3) is 0 Å². The van der Waals surface area contributed by atoms with Crippen molar-refractivity contribution in [1.82, 2.24) is 5.32 Å². The van der Waals surface area contributed by atoms with E-state index >= 15 is 0 Å². The number of anilines is 2. The van der Waals surface area contributed by atoms with Gasteiger partial charge in [-0.15, -0.1) is 12.4 Å². The summed E-state index contributed by atoms with van der Waals surface area (Å²) in [4.78, 5) is 23.4. The number of halogens is 1. The molecule has 21 heavy (non-hydrogen) atoms. The van der Waals surface area contributed by atoms with E-state index in [2.05, 4.69) is 16.0 Å². The number of benzene rings is 1. The van der Waals surface area contributed by atoms with E-state index in [1.807, 2.05) is 19.1 Å². The smallest absolute Gasteiger partial charge is 0.231 e. The SMILES string of the molecule is CC(=O)Nc1cccc(NC(=O)C2(C)CCCNC2)c1.Cl. The Hall–Kier alpha value is -1.59. The maximum atomic E-state index is 12.4. The molecular weight excluding hydrogens is 290 g/mol. The van der Waals surface area contributed by atoms with Gasteiger partial charge in [-0.2, -0.15) is 0 Å². The van der Waals surface area contributed by atoms with E-state index in [0.717, 1.165) is 19.4 Å². The van der Waals surface area contributed by atoms with E-state index in [-0.39, 0.29) is 29.6 Å². The van der Waals surface area contributed by atoms with Crippen LogP contribution >= 0.6 is 12.4 Å². The van der Waals surface area contributed by atoms with E-state index < -0.39 is 0 Å². The number of hydrogen-bond acceptors (Lipinski definition) is 3. The minimum absolute atomic E-state index is 0. The summed E-state index contributed by atoms with van der Waals surface area (Å²) in [6.07, 6.45) is 1.90. The lowest BCUT2D eigenvalue weighted by atomic mass is 9.82. The van der Waals surface area contributed by atoms with Gasteiger partial charge in [-0.25, -0.2) is 0 Å². The van der Waals surface area contributed by atoms with Gasteiger partial charge < -0.3 is 16.0 Å². The Balaban J connectivity index is 0.00000220. The summed E-state index contributed by atoms with van der Waals surface area (Å²) in [5.41, 5.74) is 1.01. The van der Waals surface area contributed by atoms with Crippen molar-refractivity contribution in [2.45, 2.75) is 26.7 Å². The Kier molecular flexibility index (Phi) is 6.18. The second-order valence-electron chi connectivity index (χ2n) is 5.56. The summed E-state index contributed by atoms with van der Waals surface area (Å²) in [5.74, 6) is -0.110. The molecule has 116 valence electrons. The lowest BCUT2D eigenvalue weighted by Crippen LogP contribution is -2.46. The number of carbonyl (C=O) groups is 2. The van der Waals surface area contributed by atoms with Gasteiger partial charge in [0.15, 0.2) is 0 Å². The second kappa shape index (κ2) is 7.43. The topological polar surface area (TPSA) is 70.2 Å². The summed E-state index contributed by atoms with van der Waals surface area (Å²) in [7, 11) is 0. The Morgan fingerprint density at radius 2 is 1.90 bits per heavy atom. The van der Waals surface area contributed by atoms with Crippen molar-refractivity contribution in [1.29, 1.82) is 0 Å². The van der Waals surface area contributed by atoms with Gasteiger partial charge >= 0.3 is 0 Å². The number of amides is 2. The van der Waals surface area contributed by atoms with Crippen molar-refractivity contribution in [2.75, 3.05) is 23.7 Å². The molecule has 1 fully saturated rings. The Morgan fingerprint density at radius 3 is 2.48 bits per heavy atom. The molecule has 1 aliphatic heterocycles. The zero-order chi connectivity index (χ0) is 14.6. The normalized spacial score (nSPS) is 21.0. The van der Waals surface area contributed by atoms with Crippen LogP contribution in [0.5, 0.6) is 0 Å². The molecule has 0 saturated carbocycles. The molecule has 1 atom stereocenters. The maximum absolute atomic E-state index is 12.4. The minimum atomic E-state index is -0.373. The molecular formula is C15H22ClN3O2. The fourth-order valence-corrected chi connectivity index (χ4v) is 2.41. The van der Waals surface area contributed by atoms with Gasteiger partial charge in [-0.05, 0) is 44.5 Å². The van der Waals surface area contributed by atoms with Crippen LogP contribution in [0.4, 0.5) is 11.4 Å². The lowest BCUT2D eigenvalue weighted by Gasteiger charge is -2.32. The van der Waals surface area contributed by atoms with E-state index in [0.29, 0.717) is 17.9 Å². The number of nitrogens with one attached hydrogen (secondary N) is 3. The minimum Gasteiger partial charge on any atom is -0.326 e. The van der Waals surface area contributed by atoms with Gasteiger partial charge in [0.1, 0.15) is 0 Å². The quantitative estimate of drug-likeness (QED) is 0.803. The largest absolute Gasteiger partial charge is 0.326 e. The van der Waals surface area contributed by atoms with Crippen molar-refractivity contribution in [3.8, 4) is 0 Å². The lowest BCUT2D eigenvalue weighted by molar-refractivity contribution is -0.125. The Labute approximate surface area is 131 Å². The molecule has 1 aromatic rings. The standard InChI is InChI=1S/C15H21N3O2.ClH/c1-11(19)17-12-5-3-6-13(9-12)18-14(20)15(2)7-4-8-16-10-15;/h3,5-6,9,16H,4,7-8,10H2,1-2H3,(H,17,19)(H,18,20);1H. The summed E-state index contributed by atoms with van der Waals surface area (Å²) in [6, 6.07) is 7.19. The highest BCUT2D eigenvalue weighted by Gasteiger charge is 2.34. The molecule has 6 heteroatoms. The molecule has 1 saturated heterocycles. The van der Waals surface area contributed by atoms with E-state index in [9.17, 15) is 9.59 Å². The van der Waals surface area contributed by atoms with Gasteiger partial charge in [0, 0.05) is 24.8 Å². The molecule has 0 bridgehead atoms. The Morgan fingerprint density at radius 1 is 1.24 bits per heavy atom. The third kappa shape index (κ3) is 4.72. The van der Waals surface area contributed by atoms with Crippen molar-refractivity contribution in [2.24, 2.45) is 5.41 Å². The number of carbonyl (C=O) groups excluding carboxylic acids is 2. The van der Waals surface area contributed by atoms with Gasteiger partial charge in [-0.1, -0.05) is 6.07 Å². The molecule has 1 heterocycles. The van der Waals surface area contributed by atoms with Crippen molar-refractivity contribution in [3.63, 3.8) is 0 Å². The average molecular weight is 312 g/mol. The first kappa shape index (κ1) is 17.5. The molecule has 1 aromatic carbocycles. The molecule has 5 nitrogen and oxygen atoms in total.